The maximum Gasteiger partial charge on any atom is 0.0352 e. The molecule has 0 amide bonds. The highest BCUT2D eigenvalue weighted by Gasteiger charge is 2.25. The van der Waals surface area contributed by atoms with Crippen molar-refractivity contribution in [2.75, 3.05) is 11.5 Å². The van der Waals surface area contributed by atoms with E-state index < -0.39 is 0 Å². The minimum Gasteiger partial charge on any atom is -0.151 e. The van der Waals surface area contributed by atoms with Crippen molar-refractivity contribution in [1.82, 2.24) is 0 Å². The molecule has 174 valence electrons. The van der Waals surface area contributed by atoms with Gasteiger partial charge in [-0.3, -0.25) is 0 Å². The molecule has 0 N–H and O–H groups in total. The van der Waals surface area contributed by atoms with Crippen LogP contribution in [0.5, 0.6) is 0 Å². The fraction of sp³-hybridized carbons (Fsp3) is 0.786. The van der Waals surface area contributed by atoms with Crippen molar-refractivity contribution in [3.05, 3.63) is 35.4 Å². The second-order valence-electron chi connectivity index (χ2n) is 9.83. The van der Waals surface area contributed by atoms with Gasteiger partial charge in [0.15, 0.2) is 0 Å². The van der Waals surface area contributed by atoms with Crippen LogP contribution in [0.2, 0.25) is 0 Å². The van der Waals surface area contributed by atoms with Crippen LogP contribution in [0.25, 0.3) is 0 Å². The fourth-order valence-corrected chi connectivity index (χ4v) is 6.16. The minimum absolute atomic E-state index is 0.194. The summed E-state index contributed by atoms with van der Waals surface area (Å²) < 4.78 is 0.388. The zero-order valence-corrected chi connectivity index (χ0v) is 22.7. The predicted octanol–water partition coefficient (Wildman–Crippen LogP) is 10.3. The molecule has 0 saturated carbocycles. The Morgan fingerprint density at radius 2 is 0.933 bits per heavy atom. The van der Waals surface area contributed by atoms with Crippen molar-refractivity contribution in [3.63, 3.8) is 0 Å². The average molecular weight is 451 g/mol. The SMILES string of the molecule is CCCCCCCCSC(C)(C)c1cccc(C(C)(C)SCCCCCCCC)c1. The molecule has 1 aromatic carbocycles. The molecule has 0 spiro atoms. The van der Waals surface area contributed by atoms with E-state index in [4.69, 9.17) is 0 Å². The van der Waals surface area contributed by atoms with Crippen LogP contribution in [0.1, 0.15) is 130 Å². The Labute approximate surface area is 198 Å². The molecular weight excluding hydrogens is 400 g/mol. The normalized spacial score (nSPS) is 12.5. The van der Waals surface area contributed by atoms with Crippen LogP contribution in [0.4, 0.5) is 0 Å². The van der Waals surface area contributed by atoms with Gasteiger partial charge in [0.05, 0.1) is 0 Å². The molecule has 30 heavy (non-hydrogen) atoms. The van der Waals surface area contributed by atoms with E-state index in [2.05, 4.69) is 89.3 Å². The lowest BCUT2D eigenvalue weighted by Crippen LogP contribution is -2.17. The van der Waals surface area contributed by atoms with Crippen molar-refractivity contribution in [2.24, 2.45) is 0 Å². The van der Waals surface area contributed by atoms with Crippen molar-refractivity contribution >= 4 is 23.5 Å². The van der Waals surface area contributed by atoms with E-state index in [-0.39, 0.29) is 9.49 Å². The summed E-state index contributed by atoms with van der Waals surface area (Å²) in [6.45, 7) is 14.2. The first kappa shape index (κ1) is 28.0. The van der Waals surface area contributed by atoms with Gasteiger partial charge in [0, 0.05) is 9.49 Å². The van der Waals surface area contributed by atoms with Crippen molar-refractivity contribution < 1.29 is 0 Å². The molecule has 0 aliphatic heterocycles. The zero-order chi connectivity index (χ0) is 22.3. The third kappa shape index (κ3) is 11.5. The van der Waals surface area contributed by atoms with Gasteiger partial charge < -0.3 is 0 Å². The summed E-state index contributed by atoms with van der Waals surface area (Å²) in [5.41, 5.74) is 2.98. The lowest BCUT2D eigenvalue weighted by Gasteiger charge is -2.29. The van der Waals surface area contributed by atoms with Crippen molar-refractivity contribution in [1.29, 1.82) is 0 Å². The summed E-state index contributed by atoms with van der Waals surface area (Å²) in [4.78, 5) is 0. The molecule has 0 aromatic heterocycles. The Hall–Kier alpha value is -0.0800. The molecule has 2 heteroatoms. The number of benzene rings is 1. The second-order valence-corrected chi connectivity index (χ2v) is 13.3. The monoisotopic (exact) mass is 450 g/mol. The zero-order valence-electron chi connectivity index (χ0n) is 21.0. The molecule has 0 heterocycles. The summed E-state index contributed by atoms with van der Waals surface area (Å²) in [6, 6.07) is 9.45. The minimum atomic E-state index is 0.194. The Bertz CT molecular complexity index is 502. The number of rotatable bonds is 18. The van der Waals surface area contributed by atoms with Crippen LogP contribution in [0.3, 0.4) is 0 Å². The highest BCUT2D eigenvalue weighted by atomic mass is 32.2. The molecule has 0 bridgehead atoms. The Morgan fingerprint density at radius 3 is 1.33 bits per heavy atom. The molecule has 0 radical (unpaired) electrons. The third-order valence-electron chi connectivity index (χ3n) is 6.17. The van der Waals surface area contributed by atoms with Crippen LogP contribution in [-0.2, 0) is 9.49 Å². The topological polar surface area (TPSA) is 0 Å². The molecule has 0 nitrogen and oxygen atoms in total. The van der Waals surface area contributed by atoms with Gasteiger partial charge >= 0.3 is 0 Å². The average Bonchev–Trinajstić information content (AvgIpc) is 2.72. The van der Waals surface area contributed by atoms with Crippen LogP contribution >= 0.6 is 23.5 Å². The number of unbranched alkanes of at least 4 members (excludes halogenated alkanes) is 10. The number of thioether (sulfide) groups is 2. The summed E-state index contributed by atoms with van der Waals surface area (Å²) in [5, 5.41) is 0. The summed E-state index contributed by atoms with van der Waals surface area (Å²) in [5.74, 6) is 2.55. The van der Waals surface area contributed by atoms with Gasteiger partial charge in [-0.25, -0.2) is 0 Å². The molecule has 0 unspecified atom stereocenters. The lowest BCUT2D eigenvalue weighted by molar-refractivity contribution is 0.625. The van der Waals surface area contributed by atoms with Crippen LogP contribution in [0.15, 0.2) is 24.3 Å². The fourth-order valence-electron chi connectivity index (χ4n) is 3.85. The number of hydrogen-bond donors (Lipinski definition) is 0. The summed E-state index contributed by atoms with van der Waals surface area (Å²) in [6.07, 6.45) is 16.6. The number of hydrogen-bond acceptors (Lipinski definition) is 2. The van der Waals surface area contributed by atoms with E-state index >= 15 is 0 Å². The van der Waals surface area contributed by atoms with Gasteiger partial charge in [-0.2, -0.15) is 23.5 Å². The second kappa shape index (κ2) is 15.7. The van der Waals surface area contributed by atoms with Gasteiger partial charge in [0.2, 0.25) is 0 Å². The van der Waals surface area contributed by atoms with Crippen molar-refractivity contribution in [2.45, 2.75) is 128 Å². The lowest BCUT2D eigenvalue weighted by atomic mass is 9.95. The Kier molecular flexibility index (Phi) is 14.6. The molecule has 0 aliphatic rings. The van der Waals surface area contributed by atoms with E-state index in [0.717, 1.165) is 0 Å². The van der Waals surface area contributed by atoms with Gasteiger partial charge in [-0.05, 0) is 63.2 Å². The van der Waals surface area contributed by atoms with E-state index in [0.29, 0.717) is 0 Å². The molecule has 0 aliphatic carbocycles. The Morgan fingerprint density at radius 1 is 0.567 bits per heavy atom. The highest BCUT2D eigenvalue weighted by Crippen LogP contribution is 2.41. The standard InChI is InChI=1S/C28H50S2/c1-7-9-11-13-15-17-22-29-27(3,4)25-20-19-21-26(24-25)28(5,6)30-23-18-16-14-12-10-8-2/h19-21,24H,7-18,22-23H2,1-6H3. The molecule has 1 aromatic rings. The Balaban J connectivity index is 2.48. The maximum atomic E-state index is 2.49. The summed E-state index contributed by atoms with van der Waals surface area (Å²) >= 11 is 4.28. The highest BCUT2D eigenvalue weighted by molar-refractivity contribution is 8.00. The van der Waals surface area contributed by atoms with Crippen molar-refractivity contribution in [3.8, 4) is 0 Å². The molecule has 0 atom stereocenters. The maximum absolute atomic E-state index is 2.49. The smallest absolute Gasteiger partial charge is 0.0352 e. The largest absolute Gasteiger partial charge is 0.151 e. The van der Waals surface area contributed by atoms with Gasteiger partial charge in [-0.15, -0.1) is 0 Å². The van der Waals surface area contributed by atoms with Gasteiger partial charge in [0.1, 0.15) is 0 Å². The van der Waals surface area contributed by atoms with Gasteiger partial charge in [-0.1, -0.05) is 102 Å². The van der Waals surface area contributed by atoms with Crippen LogP contribution in [0, 0.1) is 0 Å². The van der Waals surface area contributed by atoms with Crippen LogP contribution in [-0.4, -0.2) is 11.5 Å². The van der Waals surface area contributed by atoms with E-state index in [1.54, 1.807) is 0 Å². The van der Waals surface area contributed by atoms with Gasteiger partial charge in [0.25, 0.3) is 0 Å². The van der Waals surface area contributed by atoms with E-state index in [9.17, 15) is 0 Å². The van der Waals surface area contributed by atoms with Crippen LogP contribution < -0.4 is 0 Å². The van der Waals surface area contributed by atoms with E-state index in [1.807, 2.05) is 0 Å². The molecule has 0 fully saturated rings. The first-order valence-corrected chi connectivity index (χ1v) is 14.7. The van der Waals surface area contributed by atoms with E-state index in [1.165, 1.54) is 99.7 Å². The molecule has 0 saturated heterocycles. The summed E-state index contributed by atoms with van der Waals surface area (Å²) in [7, 11) is 0. The quantitative estimate of drug-likeness (QED) is 0.204. The first-order valence-electron chi connectivity index (χ1n) is 12.7. The molecule has 1 rings (SSSR count). The molecular formula is C28H50S2. The third-order valence-corrected chi connectivity index (χ3v) is 9.07. The first-order chi connectivity index (χ1) is 14.3. The predicted molar refractivity (Wildman–Crippen MR) is 144 cm³/mol.